The summed E-state index contributed by atoms with van der Waals surface area (Å²) in [5, 5.41) is 24.3. The largest absolute Gasteiger partial charge is 0.507 e. The molecule has 0 aliphatic heterocycles. The molecule has 0 atom stereocenters. The lowest BCUT2D eigenvalue weighted by Crippen LogP contribution is -1.88. The molecule has 10 aromatic rings. The Morgan fingerprint density at radius 2 is 0.667 bits per heavy atom. The quantitative estimate of drug-likeness (QED) is 0.188. The van der Waals surface area contributed by atoms with Gasteiger partial charge in [0.1, 0.15) is 5.75 Å². The summed E-state index contributed by atoms with van der Waals surface area (Å²) in [6, 6.07) is 66.9. The molecule has 0 saturated heterocycles. The van der Waals surface area contributed by atoms with Crippen molar-refractivity contribution < 1.29 is 5.11 Å². The summed E-state index contributed by atoms with van der Waals surface area (Å²) in [4.78, 5) is 0. The van der Waals surface area contributed by atoms with E-state index in [1.165, 1.54) is 59.6 Å². The van der Waals surface area contributed by atoms with Crippen LogP contribution in [0.15, 0.2) is 188 Å². The standard InChI is InChI=1S/C50H32O/c51-50-39(21-9-24-48(50)44-23-10-22-40-38-16-2-1-11-32(38)25-27-46(40)44)37-15-8-14-35(30-37)33-12-7-13-34(29-33)36-26-28-47-43-19-4-3-17-41(43)42-18-5-6-20-45(42)49(47)31-36/h1-31,51H. The first-order chi connectivity index (χ1) is 25.2. The van der Waals surface area contributed by atoms with Crippen LogP contribution in [0.2, 0.25) is 0 Å². The highest BCUT2D eigenvalue weighted by Crippen LogP contribution is 2.43. The normalized spacial score (nSPS) is 11.6. The van der Waals surface area contributed by atoms with Crippen LogP contribution in [0.5, 0.6) is 5.75 Å². The van der Waals surface area contributed by atoms with Gasteiger partial charge < -0.3 is 5.11 Å². The monoisotopic (exact) mass is 648 g/mol. The van der Waals surface area contributed by atoms with Crippen LogP contribution in [0.4, 0.5) is 0 Å². The van der Waals surface area contributed by atoms with Crippen LogP contribution in [0.3, 0.4) is 0 Å². The summed E-state index contributed by atoms with van der Waals surface area (Å²) >= 11 is 0. The molecule has 10 aromatic carbocycles. The minimum atomic E-state index is 0.292. The fourth-order valence-corrected chi connectivity index (χ4v) is 8.10. The molecule has 0 bridgehead atoms. The average Bonchev–Trinajstić information content (AvgIpc) is 3.21. The Balaban J connectivity index is 1.05. The Morgan fingerprint density at radius 3 is 1.37 bits per heavy atom. The predicted octanol–water partition coefficient (Wildman–Crippen LogP) is 13.8. The van der Waals surface area contributed by atoms with E-state index in [2.05, 4.69) is 170 Å². The Morgan fingerprint density at radius 1 is 0.235 bits per heavy atom. The lowest BCUT2D eigenvalue weighted by atomic mass is 9.90. The van der Waals surface area contributed by atoms with Crippen LogP contribution in [-0.2, 0) is 0 Å². The first-order valence-corrected chi connectivity index (χ1v) is 17.5. The zero-order valence-electron chi connectivity index (χ0n) is 27.8. The molecule has 51 heavy (non-hydrogen) atoms. The van der Waals surface area contributed by atoms with Gasteiger partial charge in [-0.15, -0.1) is 0 Å². The number of para-hydroxylation sites is 1. The highest BCUT2D eigenvalue weighted by atomic mass is 16.3. The van der Waals surface area contributed by atoms with Gasteiger partial charge >= 0.3 is 0 Å². The molecule has 0 radical (unpaired) electrons. The summed E-state index contributed by atoms with van der Waals surface area (Å²) in [5.74, 6) is 0.292. The molecule has 10 rings (SSSR count). The van der Waals surface area contributed by atoms with Crippen LogP contribution in [0.25, 0.3) is 98.4 Å². The number of aromatic hydroxyl groups is 1. The van der Waals surface area contributed by atoms with Gasteiger partial charge in [0.15, 0.2) is 0 Å². The molecule has 0 aliphatic rings. The molecule has 0 unspecified atom stereocenters. The fourth-order valence-electron chi connectivity index (χ4n) is 8.10. The molecule has 0 amide bonds. The number of benzene rings is 10. The first-order valence-electron chi connectivity index (χ1n) is 17.5. The Hall–Kier alpha value is -6.70. The zero-order valence-corrected chi connectivity index (χ0v) is 27.8. The minimum Gasteiger partial charge on any atom is -0.507 e. The highest BCUT2D eigenvalue weighted by molar-refractivity contribution is 6.25. The maximum absolute atomic E-state index is 11.9. The molecule has 0 heterocycles. The molecule has 0 saturated carbocycles. The van der Waals surface area contributed by atoms with E-state index in [0.717, 1.165) is 38.8 Å². The van der Waals surface area contributed by atoms with Crippen molar-refractivity contribution in [1.82, 2.24) is 0 Å². The van der Waals surface area contributed by atoms with Crippen molar-refractivity contribution >= 4 is 53.9 Å². The first kappa shape index (κ1) is 29.2. The number of hydrogen-bond donors (Lipinski definition) is 1. The van der Waals surface area contributed by atoms with E-state index in [9.17, 15) is 5.11 Å². The third kappa shape index (κ3) is 4.78. The summed E-state index contributed by atoms with van der Waals surface area (Å²) in [6.07, 6.45) is 0. The van der Waals surface area contributed by atoms with Crippen molar-refractivity contribution in [1.29, 1.82) is 0 Å². The number of hydrogen-bond acceptors (Lipinski definition) is 1. The minimum absolute atomic E-state index is 0.292. The Labute approximate surface area is 296 Å². The molecule has 1 heteroatoms. The van der Waals surface area contributed by atoms with E-state index in [-0.39, 0.29) is 0 Å². The molecular formula is C50H32O. The molecule has 0 aromatic heterocycles. The van der Waals surface area contributed by atoms with Crippen molar-refractivity contribution in [2.24, 2.45) is 0 Å². The van der Waals surface area contributed by atoms with E-state index < -0.39 is 0 Å². The van der Waals surface area contributed by atoms with Gasteiger partial charge in [0.05, 0.1) is 0 Å². The van der Waals surface area contributed by atoms with Crippen LogP contribution < -0.4 is 0 Å². The van der Waals surface area contributed by atoms with Gasteiger partial charge in [0, 0.05) is 11.1 Å². The van der Waals surface area contributed by atoms with Gasteiger partial charge in [-0.05, 0) is 105 Å². The molecule has 1 nitrogen and oxygen atoms in total. The van der Waals surface area contributed by atoms with Crippen molar-refractivity contribution in [2.45, 2.75) is 0 Å². The van der Waals surface area contributed by atoms with Crippen LogP contribution in [-0.4, -0.2) is 5.11 Å². The second-order valence-electron chi connectivity index (χ2n) is 13.4. The molecule has 0 spiro atoms. The second kappa shape index (κ2) is 11.7. The smallest absolute Gasteiger partial charge is 0.131 e. The van der Waals surface area contributed by atoms with Gasteiger partial charge in [-0.1, -0.05) is 170 Å². The van der Waals surface area contributed by atoms with Crippen molar-refractivity contribution in [3.63, 3.8) is 0 Å². The van der Waals surface area contributed by atoms with Crippen LogP contribution in [0.1, 0.15) is 0 Å². The lowest BCUT2D eigenvalue weighted by molar-refractivity contribution is 0.479. The van der Waals surface area contributed by atoms with E-state index in [1.54, 1.807) is 0 Å². The summed E-state index contributed by atoms with van der Waals surface area (Å²) in [7, 11) is 0. The van der Waals surface area contributed by atoms with Crippen LogP contribution in [0, 0.1) is 0 Å². The topological polar surface area (TPSA) is 20.2 Å². The lowest BCUT2D eigenvalue weighted by Gasteiger charge is -2.14. The van der Waals surface area contributed by atoms with Crippen molar-refractivity contribution in [3.05, 3.63) is 188 Å². The predicted molar refractivity (Wildman–Crippen MR) is 217 cm³/mol. The number of phenols is 1. The molecule has 1 N–H and O–H groups in total. The van der Waals surface area contributed by atoms with Gasteiger partial charge in [0.2, 0.25) is 0 Å². The van der Waals surface area contributed by atoms with Gasteiger partial charge in [-0.2, -0.15) is 0 Å². The van der Waals surface area contributed by atoms with Crippen LogP contribution >= 0.6 is 0 Å². The van der Waals surface area contributed by atoms with Gasteiger partial charge in [0.25, 0.3) is 0 Å². The SMILES string of the molecule is Oc1c(-c2cccc(-c3cccc(-c4ccc5c6ccccc6c6ccccc6c5c4)c3)c2)cccc1-c1cccc2c1ccc1ccccc12. The molecule has 0 aliphatic carbocycles. The number of rotatable bonds is 4. The third-order valence-electron chi connectivity index (χ3n) is 10.6. The summed E-state index contributed by atoms with van der Waals surface area (Å²) < 4.78 is 0. The van der Waals surface area contributed by atoms with E-state index in [4.69, 9.17) is 0 Å². The zero-order chi connectivity index (χ0) is 33.9. The molecule has 238 valence electrons. The average molecular weight is 649 g/mol. The van der Waals surface area contributed by atoms with Crippen molar-refractivity contribution in [3.8, 4) is 50.3 Å². The maximum atomic E-state index is 11.9. The highest BCUT2D eigenvalue weighted by Gasteiger charge is 2.15. The van der Waals surface area contributed by atoms with E-state index in [0.29, 0.717) is 5.75 Å². The second-order valence-corrected chi connectivity index (χ2v) is 13.4. The Kier molecular flexibility index (Phi) is 6.72. The van der Waals surface area contributed by atoms with E-state index >= 15 is 0 Å². The fraction of sp³-hybridized carbons (Fsp3) is 0. The third-order valence-corrected chi connectivity index (χ3v) is 10.6. The van der Waals surface area contributed by atoms with Crippen molar-refractivity contribution in [2.75, 3.05) is 0 Å². The Bertz CT molecular complexity index is 2950. The van der Waals surface area contributed by atoms with Gasteiger partial charge in [-0.3, -0.25) is 0 Å². The van der Waals surface area contributed by atoms with E-state index in [1.807, 2.05) is 18.2 Å². The summed E-state index contributed by atoms with van der Waals surface area (Å²) in [6.45, 7) is 0. The number of fused-ring (bicyclic) bond motifs is 9. The van der Waals surface area contributed by atoms with Gasteiger partial charge in [-0.25, -0.2) is 0 Å². The molecular weight excluding hydrogens is 617 g/mol. The number of phenolic OH excluding ortho intramolecular Hbond substituents is 1. The summed E-state index contributed by atoms with van der Waals surface area (Å²) in [5.41, 5.74) is 8.25. The maximum Gasteiger partial charge on any atom is 0.131 e. The molecule has 0 fully saturated rings.